The van der Waals surface area contributed by atoms with Crippen molar-refractivity contribution in [1.82, 2.24) is 0 Å². The summed E-state index contributed by atoms with van der Waals surface area (Å²) < 4.78 is 4.15. The molecule has 1 nitrogen and oxygen atoms in total. The molecule has 0 heterocycles. The van der Waals surface area contributed by atoms with Crippen LogP contribution in [0.15, 0.2) is 34.7 Å². The van der Waals surface area contributed by atoms with Crippen LogP contribution in [0.2, 0.25) is 0 Å². The highest BCUT2D eigenvalue weighted by atomic mass is 32.2. The van der Waals surface area contributed by atoms with Crippen LogP contribution in [-0.2, 0) is 0 Å². The topological polar surface area (TPSA) is 12.4 Å². The highest BCUT2D eigenvalue weighted by Gasteiger charge is 1.81. The van der Waals surface area contributed by atoms with Crippen LogP contribution >= 0.6 is 11.9 Å². The molecule has 1 aromatic rings. The third-order valence-corrected chi connectivity index (χ3v) is 1.72. The highest BCUT2D eigenvalue weighted by Crippen LogP contribution is 2.01. The van der Waals surface area contributed by atoms with Gasteiger partial charge in [0, 0.05) is 12.0 Å². The maximum atomic E-state index is 4.15. The smallest absolute Gasteiger partial charge is 0.0423 e. The molecular formula is C9H11NS. The Morgan fingerprint density at radius 2 is 2.09 bits per heavy atom. The molecule has 0 aliphatic carbocycles. The van der Waals surface area contributed by atoms with Gasteiger partial charge in [-0.2, -0.15) is 0 Å². The van der Waals surface area contributed by atoms with Crippen LogP contribution in [0.1, 0.15) is 12.5 Å². The molecule has 0 spiro atoms. The normalized spacial score (nSPS) is 10.6. The van der Waals surface area contributed by atoms with Gasteiger partial charge in [-0.3, -0.25) is 0 Å². The summed E-state index contributed by atoms with van der Waals surface area (Å²) in [6.45, 7) is 2.09. The summed E-state index contributed by atoms with van der Waals surface area (Å²) in [5, 5.41) is 0. The first-order valence-corrected chi connectivity index (χ1v) is 4.58. The van der Waals surface area contributed by atoms with Gasteiger partial charge in [-0.1, -0.05) is 37.3 Å². The standard InChI is InChI=1S/C9H11NS/c1-2-11-10-8-9-6-4-3-5-7-9/h3-8H,2H2,1H3. The molecule has 1 aromatic carbocycles. The van der Waals surface area contributed by atoms with Crippen molar-refractivity contribution in [3.05, 3.63) is 35.9 Å². The van der Waals surface area contributed by atoms with Crippen LogP contribution < -0.4 is 0 Å². The SMILES string of the molecule is CCSN=Cc1ccccc1. The molecule has 0 N–H and O–H groups in total. The van der Waals surface area contributed by atoms with Crippen molar-refractivity contribution < 1.29 is 0 Å². The first kappa shape index (κ1) is 8.34. The fourth-order valence-electron chi connectivity index (χ4n) is 0.712. The zero-order valence-electron chi connectivity index (χ0n) is 6.53. The predicted molar refractivity (Wildman–Crippen MR) is 52.2 cm³/mol. The molecule has 0 bridgehead atoms. The Bertz CT molecular complexity index is 218. The Morgan fingerprint density at radius 1 is 1.36 bits per heavy atom. The molecule has 0 radical (unpaired) electrons. The summed E-state index contributed by atoms with van der Waals surface area (Å²) in [7, 11) is 0. The van der Waals surface area contributed by atoms with E-state index in [1.165, 1.54) is 0 Å². The molecule has 0 aromatic heterocycles. The van der Waals surface area contributed by atoms with Gasteiger partial charge in [0.2, 0.25) is 0 Å². The molecule has 0 saturated carbocycles. The van der Waals surface area contributed by atoms with E-state index in [0.29, 0.717) is 0 Å². The monoisotopic (exact) mass is 165 g/mol. The number of nitrogens with zero attached hydrogens (tertiary/aromatic N) is 1. The van der Waals surface area contributed by atoms with Crippen LogP contribution in [0.5, 0.6) is 0 Å². The number of benzene rings is 1. The van der Waals surface area contributed by atoms with Crippen molar-refractivity contribution in [2.45, 2.75) is 6.92 Å². The molecule has 0 amide bonds. The van der Waals surface area contributed by atoms with E-state index in [9.17, 15) is 0 Å². The summed E-state index contributed by atoms with van der Waals surface area (Å²) in [5.41, 5.74) is 1.16. The molecule has 0 aliphatic heterocycles. The van der Waals surface area contributed by atoms with E-state index in [-0.39, 0.29) is 0 Å². The quantitative estimate of drug-likeness (QED) is 0.495. The maximum Gasteiger partial charge on any atom is 0.0423 e. The Kier molecular flexibility index (Phi) is 3.76. The van der Waals surface area contributed by atoms with Crippen molar-refractivity contribution in [3.63, 3.8) is 0 Å². The Morgan fingerprint density at radius 3 is 2.73 bits per heavy atom. The Hall–Kier alpha value is -0.760. The second-order valence-electron chi connectivity index (χ2n) is 2.06. The minimum absolute atomic E-state index is 1.03. The lowest BCUT2D eigenvalue weighted by molar-refractivity contribution is 1.52. The third-order valence-electron chi connectivity index (χ3n) is 1.20. The molecule has 2 heteroatoms. The van der Waals surface area contributed by atoms with Crippen molar-refractivity contribution in [1.29, 1.82) is 0 Å². The van der Waals surface area contributed by atoms with E-state index >= 15 is 0 Å². The van der Waals surface area contributed by atoms with E-state index in [4.69, 9.17) is 0 Å². The fraction of sp³-hybridized carbons (Fsp3) is 0.222. The lowest BCUT2D eigenvalue weighted by atomic mass is 10.2. The van der Waals surface area contributed by atoms with Gasteiger partial charge in [0.05, 0.1) is 0 Å². The number of hydrogen-bond acceptors (Lipinski definition) is 2. The maximum absolute atomic E-state index is 4.15. The van der Waals surface area contributed by atoms with Crippen molar-refractivity contribution in [2.75, 3.05) is 5.75 Å². The van der Waals surface area contributed by atoms with Gasteiger partial charge in [-0.05, 0) is 17.5 Å². The molecule has 1 rings (SSSR count). The second-order valence-corrected chi connectivity index (χ2v) is 3.11. The van der Waals surface area contributed by atoms with Gasteiger partial charge in [0.15, 0.2) is 0 Å². The van der Waals surface area contributed by atoms with Crippen LogP contribution in [-0.4, -0.2) is 12.0 Å². The van der Waals surface area contributed by atoms with Gasteiger partial charge in [0.25, 0.3) is 0 Å². The zero-order valence-corrected chi connectivity index (χ0v) is 7.34. The van der Waals surface area contributed by atoms with E-state index in [1.54, 1.807) is 11.9 Å². The third kappa shape index (κ3) is 3.23. The first-order chi connectivity index (χ1) is 5.43. The molecule has 0 unspecified atom stereocenters. The minimum Gasteiger partial charge on any atom is -0.224 e. The Balaban J connectivity index is 2.50. The lowest BCUT2D eigenvalue weighted by Crippen LogP contribution is -1.76. The minimum atomic E-state index is 1.03. The molecule has 0 atom stereocenters. The van der Waals surface area contributed by atoms with Crippen LogP contribution in [0, 0.1) is 0 Å². The Labute approximate surface area is 71.7 Å². The lowest BCUT2D eigenvalue weighted by Gasteiger charge is -1.88. The zero-order chi connectivity index (χ0) is 7.94. The van der Waals surface area contributed by atoms with Gasteiger partial charge < -0.3 is 0 Å². The van der Waals surface area contributed by atoms with E-state index in [1.807, 2.05) is 36.5 Å². The van der Waals surface area contributed by atoms with E-state index in [0.717, 1.165) is 11.3 Å². The summed E-state index contributed by atoms with van der Waals surface area (Å²) >= 11 is 1.57. The molecule has 0 aliphatic rings. The number of hydrogen-bond donors (Lipinski definition) is 0. The molecular weight excluding hydrogens is 154 g/mol. The average molecular weight is 165 g/mol. The van der Waals surface area contributed by atoms with Gasteiger partial charge in [0.1, 0.15) is 0 Å². The summed E-state index contributed by atoms with van der Waals surface area (Å²) in [6.07, 6.45) is 1.88. The van der Waals surface area contributed by atoms with E-state index in [2.05, 4.69) is 11.3 Å². The molecule has 11 heavy (non-hydrogen) atoms. The number of rotatable bonds is 3. The molecule has 0 saturated heterocycles. The van der Waals surface area contributed by atoms with Gasteiger partial charge >= 0.3 is 0 Å². The van der Waals surface area contributed by atoms with Crippen molar-refractivity contribution >= 4 is 18.2 Å². The van der Waals surface area contributed by atoms with Crippen molar-refractivity contribution in [2.24, 2.45) is 4.40 Å². The molecule has 0 fully saturated rings. The largest absolute Gasteiger partial charge is 0.224 e. The van der Waals surface area contributed by atoms with Gasteiger partial charge in [-0.25, -0.2) is 4.40 Å². The van der Waals surface area contributed by atoms with Crippen LogP contribution in [0.25, 0.3) is 0 Å². The summed E-state index contributed by atoms with van der Waals surface area (Å²) in [6, 6.07) is 10.1. The predicted octanol–water partition coefficient (Wildman–Crippen LogP) is 2.77. The molecule has 58 valence electrons. The van der Waals surface area contributed by atoms with Crippen molar-refractivity contribution in [3.8, 4) is 0 Å². The van der Waals surface area contributed by atoms with Crippen LogP contribution in [0.3, 0.4) is 0 Å². The fourth-order valence-corrected chi connectivity index (χ4v) is 1.06. The van der Waals surface area contributed by atoms with Gasteiger partial charge in [-0.15, -0.1) is 0 Å². The average Bonchev–Trinajstić information content (AvgIpc) is 2.07. The summed E-state index contributed by atoms with van der Waals surface area (Å²) in [5.74, 6) is 1.03. The highest BCUT2D eigenvalue weighted by molar-refractivity contribution is 7.98. The first-order valence-electron chi connectivity index (χ1n) is 3.64. The second kappa shape index (κ2) is 4.97. The summed E-state index contributed by atoms with van der Waals surface area (Å²) in [4.78, 5) is 0. The van der Waals surface area contributed by atoms with Crippen LogP contribution in [0.4, 0.5) is 0 Å². The van der Waals surface area contributed by atoms with E-state index < -0.39 is 0 Å².